The lowest BCUT2D eigenvalue weighted by Gasteiger charge is -2.14. The van der Waals surface area contributed by atoms with Crippen molar-refractivity contribution in [3.05, 3.63) is 35.1 Å². The number of ether oxygens (including phenoxy) is 1. The summed E-state index contributed by atoms with van der Waals surface area (Å²) in [6.07, 6.45) is 0.906. The maximum atomic E-state index is 13.1. The molecule has 1 N–H and O–H groups in total. The zero-order valence-electron chi connectivity index (χ0n) is 10.9. The zero-order chi connectivity index (χ0) is 12.7. The molecule has 0 radical (unpaired) electrons. The van der Waals surface area contributed by atoms with E-state index in [0.29, 0.717) is 5.92 Å². The lowest BCUT2D eigenvalue weighted by Crippen LogP contribution is -2.25. The highest BCUT2D eigenvalue weighted by Gasteiger charge is 2.06. The van der Waals surface area contributed by atoms with E-state index in [1.165, 1.54) is 6.07 Å². The second-order valence-corrected chi connectivity index (χ2v) is 4.58. The Morgan fingerprint density at radius 2 is 2.18 bits per heavy atom. The SMILES string of the molecule is COCCNCC(C)Cc1cc(F)ccc1C. The second-order valence-electron chi connectivity index (χ2n) is 4.58. The Morgan fingerprint density at radius 3 is 2.88 bits per heavy atom. The first-order chi connectivity index (χ1) is 8.13. The van der Waals surface area contributed by atoms with Gasteiger partial charge in [-0.05, 0) is 49.1 Å². The number of hydrogen-bond donors (Lipinski definition) is 1. The molecular formula is C14H22FNO. The molecule has 0 saturated carbocycles. The summed E-state index contributed by atoms with van der Waals surface area (Å²) >= 11 is 0. The number of aryl methyl sites for hydroxylation is 1. The van der Waals surface area contributed by atoms with Crippen LogP contribution in [0.15, 0.2) is 18.2 Å². The van der Waals surface area contributed by atoms with Crippen molar-refractivity contribution in [2.45, 2.75) is 20.3 Å². The summed E-state index contributed by atoms with van der Waals surface area (Å²) in [7, 11) is 1.70. The first kappa shape index (κ1) is 14.1. The fraction of sp³-hybridized carbons (Fsp3) is 0.571. The van der Waals surface area contributed by atoms with E-state index in [1.807, 2.05) is 13.0 Å². The molecule has 17 heavy (non-hydrogen) atoms. The van der Waals surface area contributed by atoms with Gasteiger partial charge in [-0.15, -0.1) is 0 Å². The maximum Gasteiger partial charge on any atom is 0.123 e. The van der Waals surface area contributed by atoms with Crippen LogP contribution in [0.25, 0.3) is 0 Å². The Morgan fingerprint density at radius 1 is 1.41 bits per heavy atom. The molecule has 0 fully saturated rings. The molecule has 2 nitrogen and oxygen atoms in total. The maximum absolute atomic E-state index is 13.1. The molecule has 1 aromatic carbocycles. The third-order valence-electron chi connectivity index (χ3n) is 2.86. The highest BCUT2D eigenvalue weighted by atomic mass is 19.1. The van der Waals surface area contributed by atoms with Gasteiger partial charge >= 0.3 is 0 Å². The van der Waals surface area contributed by atoms with Crippen molar-refractivity contribution in [2.24, 2.45) is 5.92 Å². The van der Waals surface area contributed by atoms with Crippen LogP contribution in [-0.4, -0.2) is 26.8 Å². The van der Waals surface area contributed by atoms with E-state index in [2.05, 4.69) is 12.2 Å². The predicted octanol–water partition coefficient (Wildman–Crippen LogP) is 2.55. The van der Waals surface area contributed by atoms with Crippen LogP contribution >= 0.6 is 0 Å². The van der Waals surface area contributed by atoms with Gasteiger partial charge in [0.25, 0.3) is 0 Å². The van der Waals surface area contributed by atoms with E-state index in [1.54, 1.807) is 13.2 Å². The predicted molar refractivity (Wildman–Crippen MR) is 68.8 cm³/mol. The molecule has 1 atom stereocenters. The topological polar surface area (TPSA) is 21.3 Å². The third-order valence-corrected chi connectivity index (χ3v) is 2.86. The van der Waals surface area contributed by atoms with E-state index in [9.17, 15) is 4.39 Å². The second kappa shape index (κ2) is 7.41. The normalized spacial score (nSPS) is 12.7. The van der Waals surface area contributed by atoms with Gasteiger partial charge in [-0.1, -0.05) is 13.0 Å². The van der Waals surface area contributed by atoms with Crippen molar-refractivity contribution < 1.29 is 9.13 Å². The standard InChI is InChI=1S/C14H22FNO/c1-11(10-16-6-7-17-3)8-13-9-14(15)5-4-12(13)2/h4-5,9,11,16H,6-8,10H2,1-3H3. The number of benzene rings is 1. The molecule has 3 heteroatoms. The number of methoxy groups -OCH3 is 1. The van der Waals surface area contributed by atoms with Gasteiger partial charge in [0.2, 0.25) is 0 Å². The molecule has 0 bridgehead atoms. The summed E-state index contributed by atoms with van der Waals surface area (Å²) in [6, 6.07) is 5.00. The van der Waals surface area contributed by atoms with Crippen molar-refractivity contribution in [1.82, 2.24) is 5.32 Å². The number of nitrogens with one attached hydrogen (secondary N) is 1. The van der Waals surface area contributed by atoms with Crippen molar-refractivity contribution in [3.63, 3.8) is 0 Å². The highest BCUT2D eigenvalue weighted by molar-refractivity contribution is 5.26. The fourth-order valence-electron chi connectivity index (χ4n) is 1.83. The third kappa shape index (κ3) is 5.29. The summed E-state index contributed by atoms with van der Waals surface area (Å²) in [6.45, 7) is 6.72. The van der Waals surface area contributed by atoms with Crippen molar-refractivity contribution in [3.8, 4) is 0 Å². The van der Waals surface area contributed by atoms with E-state index in [4.69, 9.17) is 4.74 Å². The minimum absolute atomic E-state index is 0.148. The molecule has 0 heterocycles. The molecule has 1 rings (SSSR count). The molecular weight excluding hydrogens is 217 g/mol. The lowest BCUT2D eigenvalue weighted by atomic mass is 9.97. The molecule has 0 aliphatic carbocycles. The van der Waals surface area contributed by atoms with Gasteiger partial charge in [0.15, 0.2) is 0 Å². The number of hydrogen-bond acceptors (Lipinski definition) is 2. The van der Waals surface area contributed by atoms with Crippen LogP contribution < -0.4 is 5.32 Å². The Balaban J connectivity index is 2.39. The van der Waals surface area contributed by atoms with Gasteiger partial charge in [0, 0.05) is 13.7 Å². The minimum Gasteiger partial charge on any atom is -0.383 e. The van der Waals surface area contributed by atoms with Crippen LogP contribution in [0, 0.1) is 18.7 Å². The molecule has 1 unspecified atom stereocenters. The first-order valence-corrected chi connectivity index (χ1v) is 6.08. The molecule has 96 valence electrons. The van der Waals surface area contributed by atoms with Crippen LogP contribution in [0.4, 0.5) is 4.39 Å². The van der Waals surface area contributed by atoms with Crippen LogP contribution in [0.1, 0.15) is 18.1 Å². The Kier molecular flexibility index (Phi) is 6.16. The highest BCUT2D eigenvalue weighted by Crippen LogP contribution is 2.14. The van der Waals surface area contributed by atoms with Gasteiger partial charge in [-0.3, -0.25) is 0 Å². The average molecular weight is 239 g/mol. The largest absolute Gasteiger partial charge is 0.383 e. The minimum atomic E-state index is -0.148. The van der Waals surface area contributed by atoms with Gasteiger partial charge in [0.05, 0.1) is 6.61 Å². The van der Waals surface area contributed by atoms with Gasteiger partial charge in [0.1, 0.15) is 5.82 Å². The van der Waals surface area contributed by atoms with Crippen LogP contribution in [0.2, 0.25) is 0 Å². The Hall–Kier alpha value is -0.930. The summed E-state index contributed by atoms with van der Waals surface area (Å²) < 4.78 is 18.1. The van der Waals surface area contributed by atoms with Crippen molar-refractivity contribution in [1.29, 1.82) is 0 Å². The summed E-state index contributed by atoms with van der Waals surface area (Å²) in [5.74, 6) is 0.345. The molecule has 0 aliphatic heterocycles. The van der Waals surface area contributed by atoms with Crippen LogP contribution in [0.5, 0.6) is 0 Å². The number of halogens is 1. The smallest absolute Gasteiger partial charge is 0.123 e. The van der Waals surface area contributed by atoms with E-state index < -0.39 is 0 Å². The zero-order valence-corrected chi connectivity index (χ0v) is 10.9. The fourth-order valence-corrected chi connectivity index (χ4v) is 1.83. The molecule has 0 aliphatic rings. The van der Waals surface area contributed by atoms with Crippen molar-refractivity contribution in [2.75, 3.05) is 26.8 Å². The van der Waals surface area contributed by atoms with Gasteiger partial charge in [-0.25, -0.2) is 4.39 Å². The average Bonchev–Trinajstić information content (AvgIpc) is 2.29. The molecule has 0 aromatic heterocycles. The molecule has 1 aromatic rings. The van der Waals surface area contributed by atoms with Crippen molar-refractivity contribution >= 4 is 0 Å². The first-order valence-electron chi connectivity index (χ1n) is 6.08. The van der Waals surface area contributed by atoms with E-state index in [0.717, 1.165) is 37.2 Å². The Bertz CT molecular complexity index is 341. The number of rotatable bonds is 7. The molecule has 0 saturated heterocycles. The van der Waals surface area contributed by atoms with Crippen LogP contribution in [-0.2, 0) is 11.2 Å². The summed E-state index contributed by atoms with van der Waals surface area (Å²) in [4.78, 5) is 0. The summed E-state index contributed by atoms with van der Waals surface area (Å²) in [5.41, 5.74) is 2.26. The van der Waals surface area contributed by atoms with E-state index in [-0.39, 0.29) is 5.82 Å². The van der Waals surface area contributed by atoms with Gasteiger partial charge < -0.3 is 10.1 Å². The monoisotopic (exact) mass is 239 g/mol. The lowest BCUT2D eigenvalue weighted by molar-refractivity contribution is 0.198. The van der Waals surface area contributed by atoms with Gasteiger partial charge in [-0.2, -0.15) is 0 Å². The molecule has 0 amide bonds. The summed E-state index contributed by atoms with van der Waals surface area (Å²) in [5, 5.41) is 3.32. The van der Waals surface area contributed by atoms with E-state index >= 15 is 0 Å². The molecule has 0 spiro atoms. The van der Waals surface area contributed by atoms with Crippen LogP contribution in [0.3, 0.4) is 0 Å². The Labute approximate surface area is 103 Å². The quantitative estimate of drug-likeness (QED) is 0.738.